The van der Waals surface area contributed by atoms with Crippen molar-refractivity contribution in [3.05, 3.63) is 58.5 Å². The summed E-state index contributed by atoms with van der Waals surface area (Å²) in [6.07, 6.45) is 2.79. The molecule has 0 fully saturated rings. The molecule has 76 valence electrons. The van der Waals surface area contributed by atoms with Crippen molar-refractivity contribution in [3.8, 4) is 11.5 Å². The molecule has 0 aliphatic rings. The number of nitrogens with zero attached hydrogens (tertiary/aromatic N) is 1. The first kappa shape index (κ1) is 9.98. The number of aromatic nitrogens is 1. The summed E-state index contributed by atoms with van der Waals surface area (Å²) in [6, 6.07) is 11.0. The number of para-hydroxylation sites is 1. The lowest BCUT2D eigenvalue weighted by atomic mass is 10.3. The van der Waals surface area contributed by atoms with Crippen molar-refractivity contribution < 1.29 is 9.47 Å². The minimum Gasteiger partial charge on any atom is -0.619 e. The number of pyridine rings is 1. The fourth-order valence-electron chi connectivity index (χ4n) is 1.18. The van der Waals surface area contributed by atoms with E-state index in [4.69, 9.17) is 4.74 Å². The van der Waals surface area contributed by atoms with Crippen molar-refractivity contribution in [1.29, 1.82) is 0 Å². The van der Waals surface area contributed by atoms with Crippen molar-refractivity contribution >= 4 is 15.9 Å². The van der Waals surface area contributed by atoms with Gasteiger partial charge in [-0.3, -0.25) is 0 Å². The lowest BCUT2D eigenvalue weighted by Gasteiger charge is -2.05. The van der Waals surface area contributed by atoms with E-state index in [0.717, 1.165) is 0 Å². The molecule has 0 aliphatic carbocycles. The predicted octanol–water partition coefficient (Wildman–Crippen LogP) is 2.87. The number of halogens is 1. The lowest BCUT2D eigenvalue weighted by molar-refractivity contribution is -0.606. The SMILES string of the molecule is [O-][n+]1cc(Br)cc(Oc2ccccc2)c1. The molecular formula is C11H8BrNO2. The van der Waals surface area contributed by atoms with Gasteiger partial charge in [-0.15, -0.1) is 0 Å². The van der Waals surface area contributed by atoms with Gasteiger partial charge in [0.25, 0.3) is 0 Å². The van der Waals surface area contributed by atoms with E-state index in [1.807, 2.05) is 30.3 Å². The third-order valence-electron chi connectivity index (χ3n) is 1.76. The van der Waals surface area contributed by atoms with E-state index in [1.165, 1.54) is 12.4 Å². The molecule has 0 N–H and O–H groups in total. The Balaban J connectivity index is 2.25. The van der Waals surface area contributed by atoms with Gasteiger partial charge in [0.15, 0.2) is 11.9 Å². The Morgan fingerprint density at radius 3 is 2.47 bits per heavy atom. The van der Waals surface area contributed by atoms with Gasteiger partial charge in [-0.25, -0.2) is 0 Å². The number of rotatable bonds is 2. The topological polar surface area (TPSA) is 36.2 Å². The Morgan fingerprint density at radius 1 is 1.07 bits per heavy atom. The van der Waals surface area contributed by atoms with Crippen molar-refractivity contribution in [1.82, 2.24) is 0 Å². The average molecular weight is 266 g/mol. The Labute approximate surface area is 95.6 Å². The van der Waals surface area contributed by atoms with Crippen molar-refractivity contribution in [2.24, 2.45) is 0 Å². The minimum atomic E-state index is 0.505. The summed E-state index contributed by atoms with van der Waals surface area (Å²) in [5.74, 6) is 1.21. The summed E-state index contributed by atoms with van der Waals surface area (Å²) in [6.45, 7) is 0. The van der Waals surface area contributed by atoms with Gasteiger partial charge in [-0.2, -0.15) is 4.73 Å². The highest BCUT2D eigenvalue weighted by Crippen LogP contribution is 2.21. The minimum absolute atomic E-state index is 0.505. The quantitative estimate of drug-likeness (QED) is 0.619. The molecule has 0 saturated heterocycles. The van der Waals surface area contributed by atoms with Gasteiger partial charge in [-0.1, -0.05) is 18.2 Å². The van der Waals surface area contributed by atoms with Gasteiger partial charge in [0.1, 0.15) is 5.75 Å². The zero-order valence-electron chi connectivity index (χ0n) is 7.76. The molecule has 0 amide bonds. The van der Waals surface area contributed by atoms with Crippen LogP contribution in [0.5, 0.6) is 11.5 Å². The first-order chi connectivity index (χ1) is 7.24. The van der Waals surface area contributed by atoms with Gasteiger partial charge in [-0.05, 0) is 28.1 Å². The van der Waals surface area contributed by atoms with Crippen molar-refractivity contribution in [2.45, 2.75) is 0 Å². The second kappa shape index (κ2) is 4.31. The summed E-state index contributed by atoms with van der Waals surface area (Å²) in [5, 5.41) is 11.1. The summed E-state index contributed by atoms with van der Waals surface area (Å²) in [7, 11) is 0. The highest BCUT2D eigenvalue weighted by molar-refractivity contribution is 9.10. The molecule has 1 aromatic heterocycles. The maximum atomic E-state index is 11.1. The second-order valence-corrected chi connectivity index (χ2v) is 3.88. The second-order valence-electron chi connectivity index (χ2n) is 2.96. The number of benzene rings is 1. The summed E-state index contributed by atoms with van der Waals surface area (Å²) >= 11 is 3.23. The van der Waals surface area contributed by atoms with Crippen LogP contribution in [0.4, 0.5) is 0 Å². The molecule has 2 rings (SSSR count). The zero-order chi connectivity index (χ0) is 10.7. The lowest BCUT2D eigenvalue weighted by Crippen LogP contribution is -2.24. The van der Waals surface area contributed by atoms with E-state index in [2.05, 4.69) is 15.9 Å². The number of hydrogen-bond acceptors (Lipinski definition) is 2. The molecule has 0 radical (unpaired) electrons. The predicted molar refractivity (Wildman–Crippen MR) is 59.6 cm³/mol. The van der Waals surface area contributed by atoms with E-state index in [1.54, 1.807) is 6.07 Å². The van der Waals surface area contributed by atoms with Crippen LogP contribution in [-0.4, -0.2) is 0 Å². The van der Waals surface area contributed by atoms with Crippen LogP contribution in [0.3, 0.4) is 0 Å². The maximum absolute atomic E-state index is 11.1. The zero-order valence-corrected chi connectivity index (χ0v) is 9.35. The largest absolute Gasteiger partial charge is 0.619 e. The fourth-order valence-corrected chi connectivity index (χ4v) is 1.60. The summed E-state index contributed by atoms with van der Waals surface area (Å²) in [5.41, 5.74) is 0. The van der Waals surface area contributed by atoms with Gasteiger partial charge < -0.3 is 9.94 Å². The highest BCUT2D eigenvalue weighted by atomic mass is 79.9. The van der Waals surface area contributed by atoms with E-state index in [-0.39, 0.29) is 0 Å². The van der Waals surface area contributed by atoms with Crippen LogP contribution in [0, 0.1) is 5.21 Å². The monoisotopic (exact) mass is 265 g/mol. The van der Waals surface area contributed by atoms with Crippen molar-refractivity contribution in [3.63, 3.8) is 0 Å². The third-order valence-corrected chi connectivity index (χ3v) is 2.20. The van der Waals surface area contributed by atoms with Crippen LogP contribution in [0.25, 0.3) is 0 Å². The van der Waals surface area contributed by atoms with Gasteiger partial charge in [0.05, 0.1) is 4.47 Å². The third kappa shape index (κ3) is 2.70. The van der Waals surface area contributed by atoms with Crippen LogP contribution < -0.4 is 9.47 Å². The van der Waals surface area contributed by atoms with Crippen LogP contribution in [-0.2, 0) is 0 Å². The van der Waals surface area contributed by atoms with E-state index >= 15 is 0 Å². The van der Waals surface area contributed by atoms with Crippen LogP contribution in [0.1, 0.15) is 0 Å². The molecule has 0 saturated carbocycles. The molecule has 1 aromatic carbocycles. The molecule has 2 aromatic rings. The highest BCUT2D eigenvalue weighted by Gasteiger charge is 2.03. The van der Waals surface area contributed by atoms with Gasteiger partial charge >= 0.3 is 0 Å². The molecule has 1 heterocycles. The molecule has 0 atom stereocenters. The molecule has 0 aliphatic heterocycles. The Hall–Kier alpha value is -1.55. The molecule has 0 bridgehead atoms. The Morgan fingerprint density at radius 2 is 1.80 bits per heavy atom. The molecule has 0 unspecified atom stereocenters. The van der Waals surface area contributed by atoms with Crippen LogP contribution >= 0.6 is 15.9 Å². The van der Waals surface area contributed by atoms with Gasteiger partial charge in [0.2, 0.25) is 6.20 Å². The number of ether oxygens (including phenoxy) is 1. The molecule has 15 heavy (non-hydrogen) atoms. The number of hydrogen-bond donors (Lipinski definition) is 0. The fraction of sp³-hybridized carbons (Fsp3) is 0. The Bertz CT molecular complexity index is 439. The van der Waals surface area contributed by atoms with Crippen LogP contribution in [0.15, 0.2) is 53.3 Å². The van der Waals surface area contributed by atoms with Gasteiger partial charge in [0, 0.05) is 6.07 Å². The first-order valence-corrected chi connectivity index (χ1v) is 5.15. The smallest absolute Gasteiger partial charge is 0.223 e. The molecule has 0 spiro atoms. The van der Waals surface area contributed by atoms with Crippen LogP contribution in [0.2, 0.25) is 0 Å². The van der Waals surface area contributed by atoms with E-state index < -0.39 is 0 Å². The molecular weight excluding hydrogens is 258 g/mol. The van der Waals surface area contributed by atoms with Crippen molar-refractivity contribution in [2.75, 3.05) is 0 Å². The summed E-state index contributed by atoms with van der Waals surface area (Å²) < 4.78 is 6.87. The normalized spacial score (nSPS) is 9.93. The summed E-state index contributed by atoms with van der Waals surface area (Å²) in [4.78, 5) is 0. The van der Waals surface area contributed by atoms with E-state index in [0.29, 0.717) is 20.7 Å². The Kier molecular flexibility index (Phi) is 2.87. The average Bonchev–Trinajstić information content (AvgIpc) is 2.17. The van der Waals surface area contributed by atoms with E-state index in [9.17, 15) is 5.21 Å². The maximum Gasteiger partial charge on any atom is 0.223 e. The molecule has 4 heteroatoms. The standard InChI is InChI=1S/C11H8BrNO2/c12-9-6-11(8-13(14)7-9)15-10-4-2-1-3-5-10/h1-8H. The first-order valence-electron chi connectivity index (χ1n) is 4.36. The molecule has 3 nitrogen and oxygen atoms in total.